The van der Waals surface area contributed by atoms with E-state index >= 15 is 0 Å². The van der Waals surface area contributed by atoms with Crippen LogP contribution in [0, 0.1) is 0 Å². The molecule has 0 heterocycles. The zero-order valence-electron chi connectivity index (χ0n) is 42.7. The Morgan fingerprint density at radius 2 is 0.836 bits per heavy atom. The minimum absolute atomic E-state index is 0.157. The number of allylic oxidation sites excluding steroid dienone is 8. The van der Waals surface area contributed by atoms with Crippen LogP contribution in [-0.2, 0) is 37.5 Å². The SMILES string of the molecule is CC/C=C\C/C=C\C/C=C\C/C=C\CCCCCCCCCCCCC(=O)OC(COC(=O)CCCCCCCCCCCCCCCCCCCCCC)COP(=O)(O)OCC(N)C(=O)O. The van der Waals surface area contributed by atoms with Gasteiger partial charge < -0.3 is 25.2 Å². The Morgan fingerprint density at radius 1 is 0.478 bits per heavy atom. The fourth-order valence-corrected chi connectivity index (χ4v) is 8.43. The van der Waals surface area contributed by atoms with Gasteiger partial charge in [-0.05, 0) is 51.4 Å². The van der Waals surface area contributed by atoms with Crippen LogP contribution in [0.5, 0.6) is 0 Å². The lowest BCUT2D eigenvalue weighted by Gasteiger charge is -2.20. The third-order valence-electron chi connectivity index (χ3n) is 11.8. The van der Waals surface area contributed by atoms with Gasteiger partial charge in [0, 0.05) is 12.8 Å². The van der Waals surface area contributed by atoms with Crippen molar-refractivity contribution in [3.8, 4) is 0 Å². The van der Waals surface area contributed by atoms with Crippen LogP contribution in [0.2, 0.25) is 0 Å². The maximum absolute atomic E-state index is 12.7. The summed E-state index contributed by atoms with van der Waals surface area (Å²) in [6, 6.07) is -1.52. The van der Waals surface area contributed by atoms with E-state index in [4.69, 9.17) is 29.4 Å². The summed E-state index contributed by atoms with van der Waals surface area (Å²) in [7, 11) is -4.72. The topological polar surface area (TPSA) is 172 Å². The van der Waals surface area contributed by atoms with Gasteiger partial charge in [-0.25, -0.2) is 4.57 Å². The number of esters is 2. The largest absolute Gasteiger partial charge is 0.480 e. The van der Waals surface area contributed by atoms with Gasteiger partial charge in [0.2, 0.25) is 0 Å². The smallest absolute Gasteiger partial charge is 0.472 e. The first-order valence-electron chi connectivity index (χ1n) is 27.2. The molecule has 0 amide bonds. The number of phosphoric acid groups is 1. The van der Waals surface area contributed by atoms with Crippen LogP contribution in [-0.4, -0.2) is 59.9 Å². The molecule has 3 unspecified atom stereocenters. The molecule has 0 aromatic carbocycles. The summed E-state index contributed by atoms with van der Waals surface area (Å²) < 4.78 is 32.9. The molecule has 0 aliphatic heterocycles. The molecule has 0 radical (unpaired) electrons. The minimum Gasteiger partial charge on any atom is -0.480 e. The predicted octanol–water partition coefficient (Wildman–Crippen LogP) is 15.7. The molecule has 0 bridgehead atoms. The van der Waals surface area contributed by atoms with E-state index in [1.54, 1.807) is 0 Å². The number of hydrogen-bond donors (Lipinski definition) is 3. The highest BCUT2D eigenvalue weighted by Crippen LogP contribution is 2.43. The number of carboxylic acid groups (broad SMARTS) is 1. The van der Waals surface area contributed by atoms with E-state index in [2.05, 4.69) is 62.5 Å². The van der Waals surface area contributed by atoms with E-state index < -0.39 is 51.1 Å². The van der Waals surface area contributed by atoms with E-state index in [9.17, 15) is 23.8 Å². The van der Waals surface area contributed by atoms with Gasteiger partial charge >= 0.3 is 25.7 Å². The molecule has 0 aromatic heterocycles. The Morgan fingerprint density at radius 3 is 1.25 bits per heavy atom. The number of phosphoric ester groups is 1. The zero-order chi connectivity index (χ0) is 49.2. The van der Waals surface area contributed by atoms with Crippen molar-refractivity contribution in [1.29, 1.82) is 0 Å². The number of ether oxygens (including phenoxy) is 2. The first-order valence-corrected chi connectivity index (χ1v) is 28.7. The zero-order valence-corrected chi connectivity index (χ0v) is 43.6. The lowest BCUT2D eigenvalue weighted by atomic mass is 10.0. The maximum Gasteiger partial charge on any atom is 0.472 e. The van der Waals surface area contributed by atoms with Crippen molar-refractivity contribution in [3.63, 3.8) is 0 Å². The van der Waals surface area contributed by atoms with E-state index in [-0.39, 0.29) is 19.4 Å². The number of unbranched alkanes of at least 4 members (excludes halogenated alkanes) is 29. The average Bonchev–Trinajstić information content (AvgIpc) is 3.31. The monoisotopic (exact) mass is 966 g/mol. The highest BCUT2D eigenvalue weighted by atomic mass is 31.2. The van der Waals surface area contributed by atoms with Crippen LogP contribution in [0.1, 0.15) is 251 Å². The summed E-state index contributed by atoms with van der Waals surface area (Å²) in [6.45, 7) is 2.74. The standard InChI is InChI=1S/C55H100NO10P/c1-3-5-7-9-11-13-15-17-19-21-23-25-26-27-29-31-33-35-37-39-41-43-45-47-54(58)66-51(49-64-67(61,62)65-50-52(56)55(59)60)48-63-53(57)46-44-42-40-38-36-34-32-30-28-24-22-20-18-16-14-12-10-8-6-4-2/h5,7,11,13,17,19,23,25,51-52H,3-4,6,8-10,12,14-16,18,20-22,24,26-50,56H2,1-2H3,(H,59,60)(H,61,62)/b7-5-,13-11-,19-17-,25-23-. The number of nitrogens with two attached hydrogens (primary N) is 1. The number of carboxylic acids is 1. The number of hydrogen-bond acceptors (Lipinski definition) is 9. The van der Waals surface area contributed by atoms with Crippen LogP contribution in [0.15, 0.2) is 48.6 Å². The minimum atomic E-state index is -4.72. The van der Waals surface area contributed by atoms with Crippen LogP contribution >= 0.6 is 7.82 Å². The van der Waals surface area contributed by atoms with Crippen molar-refractivity contribution in [2.45, 2.75) is 264 Å². The number of aliphatic carboxylic acids is 1. The molecule has 390 valence electrons. The van der Waals surface area contributed by atoms with Crippen molar-refractivity contribution < 1.29 is 47.5 Å². The van der Waals surface area contributed by atoms with Gasteiger partial charge in [-0.1, -0.05) is 236 Å². The molecule has 0 aliphatic carbocycles. The molecule has 0 saturated carbocycles. The van der Waals surface area contributed by atoms with Gasteiger partial charge in [0.15, 0.2) is 6.10 Å². The van der Waals surface area contributed by atoms with Gasteiger partial charge in [-0.2, -0.15) is 0 Å². The van der Waals surface area contributed by atoms with Crippen molar-refractivity contribution in [1.82, 2.24) is 0 Å². The van der Waals surface area contributed by atoms with E-state index in [1.165, 1.54) is 141 Å². The van der Waals surface area contributed by atoms with Crippen LogP contribution in [0.4, 0.5) is 0 Å². The van der Waals surface area contributed by atoms with Crippen molar-refractivity contribution in [3.05, 3.63) is 48.6 Å². The molecular formula is C55H100NO10P. The fraction of sp³-hybridized carbons (Fsp3) is 0.800. The normalized spacial score (nSPS) is 13.9. The average molecular weight is 966 g/mol. The Kier molecular flexibility index (Phi) is 47.9. The van der Waals surface area contributed by atoms with Crippen LogP contribution in [0.25, 0.3) is 0 Å². The molecule has 12 heteroatoms. The van der Waals surface area contributed by atoms with Crippen LogP contribution in [0.3, 0.4) is 0 Å². The van der Waals surface area contributed by atoms with Gasteiger partial charge in [-0.15, -0.1) is 0 Å². The molecular weight excluding hydrogens is 866 g/mol. The molecule has 0 fully saturated rings. The summed E-state index contributed by atoms with van der Waals surface area (Å²) in [5.74, 6) is -2.37. The molecule has 0 saturated heterocycles. The summed E-state index contributed by atoms with van der Waals surface area (Å²) >= 11 is 0. The second-order valence-electron chi connectivity index (χ2n) is 18.3. The quantitative estimate of drug-likeness (QED) is 0.0229. The van der Waals surface area contributed by atoms with Gasteiger partial charge in [0.25, 0.3) is 0 Å². The van der Waals surface area contributed by atoms with Crippen molar-refractivity contribution in [2.24, 2.45) is 5.73 Å². The Labute approximate surface area is 409 Å². The number of carbonyl (C=O) groups excluding carboxylic acids is 2. The van der Waals surface area contributed by atoms with E-state index in [0.717, 1.165) is 70.6 Å². The summed E-state index contributed by atoms with van der Waals surface area (Å²) in [5.41, 5.74) is 5.36. The molecule has 0 rings (SSSR count). The molecule has 0 spiro atoms. The summed E-state index contributed by atoms with van der Waals surface area (Å²) in [5, 5.41) is 8.93. The third-order valence-corrected chi connectivity index (χ3v) is 12.8. The van der Waals surface area contributed by atoms with Gasteiger partial charge in [0.1, 0.15) is 12.6 Å². The highest BCUT2D eigenvalue weighted by Gasteiger charge is 2.28. The second-order valence-corrected chi connectivity index (χ2v) is 19.8. The number of carbonyl (C=O) groups is 3. The molecule has 0 aromatic rings. The van der Waals surface area contributed by atoms with Gasteiger partial charge in [0.05, 0.1) is 13.2 Å². The van der Waals surface area contributed by atoms with Crippen molar-refractivity contribution in [2.75, 3.05) is 19.8 Å². The number of rotatable bonds is 51. The van der Waals surface area contributed by atoms with Gasteiger partial charge in [-0.3, -0.25) is 23.4 Å². The second kappa shape index (κ2) is 49.8. The maximum atomic E-state index is 12.7. The fourth-order valence-electron chi connectivity index (χ4n) is 7.65. The molecule has 67 heavy (non-hydrogen) atoms. The van der Waals surface area contributed by atoms with E-state index in [1.807, 2.05) is 0 Å². The predicted molar refractivity (Wildman–Crippen MR) is 277 cm³/mol. The first-order chi connectivity index (χ1) is 32.6. The van der Waals surface area contributed by atoms with E-state index in [0.29, 0.717) is 12.8 Å². The lowest BCUT2D eigenvalue weighted by Crippen LogP contribution is -2.34. The third kappa shape index (κ3) is 49.7. The molecule has 4 N–H and O–H groups in total. The first kappa shape index (κ1) is 64.4. The Balaban J connectivity index is 4.20. The van der Waals surface area contributed by atoms with Crippen molar-refractivity contribution >= 4 is 25.7 Å². The molecule has 3 atom stereocenters. The molecule has 0 aliphatic rings. The van der Waals surface area contributed by atoms with Crippen LogP contribution < -0.4 is 5.73 Å². The molecule has 11 nitrogen and oxygen atoms in total. The summed E-state index contributed by atoms with van der Waals surface area (Å²) in [4.78, 5) is 46.3. The summed E-state index contributed by atoms with van der Waals surface area (Å²) in [6.07, 6.45) is 58.9. The highest BCUT2D eigenvalue weighted by molar-refractivity contribution is 7.47. The Bertz CT molecular complexity index is 1320. The Hall–Kier alpha value is -2.56. The lowest BCUT2D eigenvalue weighted by molar-refractivity contribution is -0.161.